The molecule has 24 heavy (non-hydrogen) atoms. The Hall–Kier alpha value is -1.86. The van der Waals surface area contributed by atoms with Gasteiger partial charge in [0.05, 0.1) is 16.5 Å². The zero-order valence-corrected chi connectivity index (χ0v) is 14.8. The minimum Gasteiger partial charge on any atom is -0.329 e. The number of aryl methyl sites for hydroxylation is 1. The number of carbonyl (C=O) groups is 1. The quantitative estimate of drug-likeness (QED) is 0.827. The number of rotatable bonds is 4. The summed E-state index contributed by atoms with van der Waals surface area (Å²) in [6.45, 7) is 0.326. The first kappa shape index (κ1) is 17.0. The molecule has 1 saturated heterocycles. The van der Waals surface area contributed by atoms with Crippen LogP contribution in [0.5, 0.6) is 0 Å². The van der Waals surface area contributed by atoms with E-state index in [2.05, 4.69) is 5.10 Å². The molecule has 1 amide bonds. The molecule has 1 fully saturated rings. The lowest BCUT2D eigenvalue weighted by Crippen LogP contribution is -2.41. The van der Waals surface area contributed by atoms with Crippen LogP contribution in [0.4, 0.5) is 0 Å². The Morgan fingerprint density at radius 1 is 1.38 bits per heavy atom. The summed E-state index contributed by atoms with van der Waals surface area (Å²) in [6, 6.07) is 9.12. The van der Waals surface area contributed by atoms with Crippen LogP contribution in [0.3, 0.4) is 0 Å². The number of amides is 1. The van der Waals surface area contributed by atoms with Crippen molar-refractivity contribution < 1.29 is 13.2 Å². The van der Waals surface area contributed by atoms with Gasteiger partial charge in [-0.3, -0.25) is 9.48 Å². The highest BCUT2D eigenvalue weighted by molar-refractivity contribution is 7.91. The molecule has 0 radical (unpaired) electrons. The van der Waals surface area contributed by atoms with Gasteiger partial charge < -0.3 is 4.90 Å². The minimum atomic E-state index is -3.11. The number of carbonyl (C=O) groups excluding carboxylic acids is 1. The summed E-state index contributed by atoms with van der Waals surface area (Å²) < 4.78 is 25.2. The van der Waals surface area contributed by atoms with Gasteiger partial charge in [0.1, 0.15) is 0 Å². The van der Waals surface area contributed by atoms with Crippen LogP contribution in [0.2, 0.25) is 5.02 Å². The first-order valence-electron chi connectivity index (χ1n) is 7.60. The van der Waals surface area contributed by atoms with Crippen molar-refractivity contribution in [1.82, 2.24) is 14.7 Å². The summed E-state index contributed by atoms with van der Waals surface area (Å²) in [5.74, 6) is -0.256. The number of hydrogen-bond donors (Lipinski definition) is 0. The van der Waals surface area contributed by atoms with Crippen LogP contribution in [-0.4, -0.2) is 46.6 Å². The summed E-state index contributed by atoms with van der Waals surface area (Å²) in [7, 11) is -1.42. The second-order valence-corrected chi connectivity index (χ2v) is 8.61. The fourth-order valence-corrected chi connectivity index (χ4v) is 4.90. The first-order chi connectivity index (χ1) is 11.4. The van der Waals surface area contributed by atoms with Crippen LogP contribution in [0, 0.1) is 0 Å². The Morgan fingerprint density at radius 3 is 2.62 bits per heavy atom. The molecule has 1 atom stereocenters. The van der Waals surface area contributed by atoms with Gasteiger partial charge in [0.25, 0.3) is 5.91 Å². The van der Waals surface area contributed by atoms with Gasteiger partial charge in [0.15, 0.2) is 15.5 Å². The molecule has 1 aromatic heterocycles. The van der Waals surface area contributed by atoms with E-state index in [1.165, 1.54) is 4.68 Å². The molecule has 8 heteroatoms. The maximum atomic E-state index is 13.0. The Labute approximate surface area is 145 Å². The largest absolute Gasteiger partial charge is 0.329 e. The molecular weight excluding hydrogens is 350 g/mol. The molecule has 0 saturated carbocycles. The highest BCUT2D eigenvalue weighted by Gasteiger charge is 2.36. The maximum absolute atomic E-state index is 13.0. The lowest BCUT2D eigenvalue weighted by molar-refractivity contribution is 0.0674. The van der Waals surface area contributed by atoms with Gasteiger partial charge >= 0.3 is 0 Å². The van der Waals surface area contributed by atoms with E-state index in [0.29, 0.717) is 13.0 Å². The van der Waals surface area contributed by atoms with Crippen LogP contribution >= 0.6 is 11.6 Å². The number of nitrogens with zero attached hydrogens (tertiary/aromatic N) is 3. The summed E-state index contributed by atoms with van der Waals surface area (Å²) in [5.41, 5.74) is 1.08. The predicted octanol–water partition coefficient (Wildman–Crippen LogP) is 1.90. The fourth-order valence-electron chi connectivity index (χ4n) is 2.91. The summed E-state index contributed by atoms with van der Waals surface area (Å²) >= 11 is 6.10. The molecule has 0 bridgehead atoms. The van der Waals surface area contributed by atoms with E-state index in [1.807, 2.05) is 30.3 Å². The van der Waals surface area contributed by atoms with Crippen molar-refractivity contribution in [2.24, 2.45) is 7.05 Å². The highest BCUT2D eigenvalue weighted by atomic mass is 35.5. The number of halogens is 1. The third-order valence-electron chi connectivity index (χ3n) is 4.09. The summed E-state index contributed by atoms with van der Waals surface area (Å²) in [6.07, 6.45) is 1.99. The molecule has 1 aromatic carbocycles. The predicted molar refractivity (Wildman–Crippen MR) is 91.6 cm³/mol. The van der Waals surface area contributed by atoms with Crippen molar-refractivity contribution >= 4 is 27.3 Å². The topological polar surface area (TPSA) is 72.3 Å². The minimum absolute atomic E-state index is 0.0178. The smallest absolute Gasteiger partial charge is 0.276 e. The van der Waals surface area contributed by atoms with E-state index in [1.54, 1.807) is 18.1 Å². The average Bonchev–Trinajstić information content (AvgIpc) is 3.06. The van der Waals surface area contributed by atoms with E-state index in [0.717, 1.165) is 5.56 Å². The highest BCUT2D eigenvalue weighted by Crippen LogP contribution is 2.24. The molecule has 6 nitrogen and oxygen atoms in total. The van der Waals surface area contributed by atoms with Gasteiger partial charge in [0.2, 0.25) is 0 Å². The first-order valence-corrected chi connectivity index (χ1v) is 9.80. The zero-order valence-electron chi connectivity index (χ0n) is 13.2. The van der Waals surface area contributed by atoms with Crippen molar-refractivity contribution in [2.75, 3.05) is 11.5 Å². The number of sulfone groups is 1. The molecular formula is C16H18ClN3O3S. The molecule has 128 valence electrons. The Morgan fingerprint density at radius 2 is 2.08 bits per heavy atom. The Kier molecular flexibility index (Phi) is 4.64. The van der Waals surface area contributed by atoms with Gasteiger partial charge in [-0.2, -0.15) is 5.10 Å². The molecule has 1 aliphatic heterocycles. The van der Waals surface area contributed by atoms with Crippen LogP contribution in [0.15, 0.2) is 36.5 Å². The molecule has 2 heterocycles. The van der Waals surface area contributed by atoms with Gasteiger partial charge in [0, 0.05) is 25.8 Å². The van der Waals surface area contributed by atoms with E-state index < -0.39 is 9.84 Å². The van der Waals surface area contributed by atoms with E-state index in [4.69, 9.17) is 11.6 Å². The van der Waals surface area contributed by atoms with E-state index >= 15 is 0 Å². The van der Waals surface area contributed by atoms with E-state index in [-0.39, 0.29) is 34.2 Å². The lowest BCUT2D eigenvalue weighted by Gasteiger charge is -2.28. The maximum Gasteiger partial charge on any atom is 0.276 e. The third kappa shape index (κ3) is 3.62. The number of hydrogen-bond acceptors (Lipinski definition) is 4. The molecule has 0 aliphatic carbocycles. The van der Waals surface area contributed by atoms with Crippen molar-refractivity contribution in [3.63, 3.8) is 0 Å². The molecule has 1 aliphatic rings. The Bertz CT molecular complexity index is 849. The normalized spacial score (nSPS) is 19.3. The van der Waals surface area contributed by atoms with Gasteiger partial charge in [-0.25, -0.2) is 8.42 Å². The molecule has 0 N–H and O–H groups in total. The van der Waals surface area contributed by atoms with Crippen LogP contribution in [-0.2, 0) is 23.4 Å². The zero-order chi connectivity index (χ0) is 17.3. The molecule has 3 rings (SSSR count). The van der Waals surface area contributed by atoms with Gasteiger partial charge in [-0.15, -0.1) is 0 Å². The second-order valence-electron chi connectivity index (χ2n) is 5.97. The SMILES string of the molecule is Cn1cc(Cl)c(C(=O)N(Cc2ccccc2)[C@@H]2CCS(=O)(=O)C2)n1. The van der Waals surface area contributed by atoms with Crippen LogP contribution in [0.1, 0.15) is 22.5 Å². The van der Waals surface area contributed by atoms with Crippen molar-refractivity contribution in [3.8, 4) is 0 Å². The average molecular weight is 368 g/mol. The number of benzene rings is 1. The molecule has 2 aromatic rings. The van der Waals surface area contributed by atoms with Crippen LogP contribution < -0.4 is 0 Å². The molecule has 0 unspecified atom stereocenters. The van der Waals surface area contributed by atoms with Crippen molar-refractivity contribution in [3.05, 3.63) is 52.8 Å². The third-order valence-corrected chi connectivity index (χ3v) is 6.12. The fraction of sp³-hybridized carbons (Fsp3) is 0.375. The monoisotopic (exact) mass is 367 g/mol. The van der Waals surface area contributed by atoms with E-state index in [9.17, 15) is 13.2 Å². The van der Waals surface area contributed by atoms with Gasteiger partial charge in [-0.05, 0) is 12.0 Å². The van der Waals surface area contributed by atoms with Crippen LogP contribution in [0.25, 0.3) is 0 Å². The lowest BCUT2D eigenvalue weighted by atomic mass is 10.1. The second kappa shape index (κ2) is 6.57. The standard InChI is InChI=1S/C16H18ClN3O3S/c1-19-10-14(17)15(18-19)16(21)20(9-12-5-3-2-4-6-12)13-7-8-24(22,23)11-13/h2-6,10,13H,7-9,11H2,1H3/t13-/m1/s1. The van der Waals surface area contributed by atoms with Crippen molar-refractivity contribution in [1.29, 1.82) is 0 Å². The summed E-state index contributed by atoms with van der Waals surface area (Å²) in [4.78, 5) is 14.5. The Balaban J connectivity index is 1.92. The molecule has 0 spiro atoms. The van der Waals surface area contributed by atoms with Gasteiger partial charge in [-0.1, -0.05) is 41.9 Å². The van der Waals surface area contributed by atoms with Crippen molar-refractivity contribution in [2.45, 2.75) is 19.0 Å². The number of aromatic nitrogens is 2. The summed E-state index contributed by atoms with van der Waals surface area (Å²) in [5, 5.41) is 4.39.